The van der Waals surface area contributed by atoms with E-state index < -0.39 is 0 Å². The summed E-state index contributed by atoms with van der Waals surface area (Å²) in [6, 6.07) is 10.4. The molecule has 0 aliphatic heterocycles. The van der Waals surface area contributed by atoms with E-state index in [1.54, 1.807) is 6.20 Å². The van der Waals surface area contributed by atoms with E-state index in [2.05, 4.69) is 27.2 Å². The van der Waals surface area contributed by atoms with Gasteiger partial charge in [0.15, 0.2) is 5.65 Å². The second kappa shape index (κ2) is 5.52. The van der Waals surface area contributed by atoms with Crippen LogP contribution in [-0.4, -0.2) is 24.9 Å². The lowest BCUT2D eigenvalue weighted by Gasteiger charge is -2.07. The molecule has 5 heteroatoms. The molecule has 108 valence electrons. The Labute approximate surface area is 123 Å². The molecule has 2 heterocycles. The van der Waals surface area contributed by atoms with E-state index in [1.807, 2.05) is 36.7 Å². The molecule has 1 aromatic carbocycles. The SMILES string of the molecule is CC(C)n1ncc2c(O)nc(CCc3ccccc3)nc21. The Morgan fingerprint density at radius 1 is 1.10 bits per heavy atom. The lowest BCUT2D eigenvalue weighted by atomic mass is 10.1. The van der Waals surface area contributed by atoms with Crippen LogP contribution in [-0.2, 0) is 12.8 Å². The molecule has 0 fully saturated rings. The second-order valence-corrected chi connectivity index (χ2v) is 5.37. The van der Waals surface area contributed by atoms with Crippen LogP contribution in [0.3, 0.4) is 0 Å². The summed E-state index contributed by atoms with van der Waals surface area (Å²) >= 11 is 0. The summed E-state index contributed by atoms with van der Waals surface area (Å²) in [5, 5.41) is 14.9. The highest BCUT2D eigenvalue weighted by Crippen LogP contribution is 2.23. The molecule has 3 rings (SSSR count). The summed E-state index contributed by atoms with van der Waals surface area (Å²) in [4.78, 5) is 8.74. The molecule has 21 heavy (non-hydrogen) atoms. The lowest BCUT2D eigenvalue weighted by molar-refractivity contribution is 0.456. The third kappa shape index (κ3) is 2.72. The zero-order valence-corrected chi connectivity index (χ0v) is 12.2. The third-order valence-corrected chi connectivity index (χ3v) is 3.45. The van der Waals surface area contributed by atoms with E-state index in [0.717, 1.165) is 6.42 Å². The number of aryl methyl sites for hydroxylation is 2. The molecule has 0 aliphatic rings. The van der Waals surface area contributed by atoms with Crippen molar-refractivity contribution >= 4 is 11.0 Å². The van der Waals surface area contributed by atoms with E-state index in [1.165, 1.54) is 5.56 Å². The van der Waals surface area contributed by atoms with Crippen LogP contribution in [0.15, 0.2) is 36.5 Å². The van der Waals surface area contributed by atoms with Gasteiger partial charge in [0.05, 0.1) is 6.20 Å². The number of fused-ring (bicyclic) bond motifs is 1. The zero-order valence-electron chi connectivity index (χ0n) is 12.2. The Morgan fingerprint density at radius 2 is 1.86 bits per heavy atom. The molecule has 0 spiro atoms. The quantitative estimate of drug-likeness (QED) is 0.799. The van der Waals surface area contributed by atoms with Crippen LogP contribution in [0.4, 0.5) is 0 Å². The van der Waals surface area contributed by atoms with Crippen molar-refractivity contribution in [2.75, 3.05) is 0 Å². The summed E-state index contributed by atoms with van der Waals surface area (Å²) in [5.74, 6) is 0.654. The van der Waals surface area contributed by atoms with Gasteiger partial charge in [0.1, 0.15) is 11.2 Å². The van der Waals surface area contributed by atoms with Crippen LogP contribution in [0.25, 0.3) is 11.0 Å². The maximum atomic E-state index is 10.0. The van der Waals surface area contributed by atoms with Crippen molar-refractivity contribution in [1.29, 1.82) is 0 Å². The van der Waals surface area contributed by atoms with Crippen LogP contribution in [0, 0.1) is 0 Å². The molecule has 5 nitrogen and oxygen atoms in total. The predicted octanol–water partition coefficient (Wildman–Crippen LogP) is 2.90. The van der Waals surface area contributed by atoms with E-state index in [0.29, 0.717) is 23.3 Å². The molecular formula is C16H18N4O. The summed E-state index contributed by atoms with van der Waals surface area (Å²) < 4.78 is 1.81. The summed E-state index contributed by atoms with van der Waals surface area (Å²) in [7, 11) is 0. The van der Waals surface area contributed by atoms with E-state index in [4.69, 9.17) is 0 Å². The third-order valence-electron chi connectivity index (χ3n) is 3.45. The maximum absolute atomic E-state index is 10.0. The first-order valence-corrected chi connectivity index (χ1v) is 7.12. The lowest BCUT2D eigenvalue weighted by Crippen LogP contribution is -2.06. The van der Waals surface area contributed by atoms with Gasteiger partial charge < -0.3 is 5.11 Å². The smallest absolute Gasteiger partial charge is 0.225 e. The molecule has 0 saturated heterocycles. The molecule has 0 bridgehead atoms. The molecule has 0 aliphatic carbocycles. The Morgan fingerprint density at radius 3 is 2.57 bits per heavy atom. The molecule has 1 N–H and O–H groups in total. The van der Waals surface area contributed by atoms with Gasteiger partial charge in [-0.3, -0.25) is 0 Å². The Balaban J connectivity index is 1.90. The first kappa shape index (κ1) is 13.5. The Hall–Kier alpha value is -2.43. The molecule has 2 aromatic heterocycles. The van der Waals surface area contributed by atoms with Crippen LogP contribution < -0.4 is 0 Å². The summed E-state index contributed by atoms with van der Waals surface area (Å²) in [6.07, 6.45) is 3.16. The van der Waals surface area contributed by atoms with Crippen molar-refractivity contribution in [3.8, 4) is 5.88 Å². The van der Waals surface area contributed by atoms with Gasteiger partial charge in [-0.1, -0.05) is 30.3 Å². The standard InChI is InChI=1S/C16H18N4O/c1-11(2)20-15-13(10-17-20)16(21)19-14(18-15)9-8-12-6-4-3-5-7-12/h3-7,10-11H,8-9H2,1-2H3,(H,18,19,21). The van der Waals surface area contributed by atoms with Crippen molar-refractivity contribution in [2.24, 2.45) is 0 Å². The Bertz CT molecular complexity index is 750. The van der Waals surface area contributed by atoms with Gasteiger partial charge in [0, 0.05) is 12.5 Å². The number of hydrogen-bond donors (Lipinski definition) is 1. The molecular weight excluding hydrogens is 264 g/mol. The van der Waals surface area contributed by atoms with Crippen molar-refractivity contribution in [2.45, 2.75) is 32.7 Å². The first-order chi connectivity index (χ1) is 10.1. The first-order valence-electron chi connectivity index (χ1n) is 7.12. The highest BCUT2D eigenvalue weighted by atomic mass is 16.3. The van der Waals surface area contributed by atoms with Gasteiger partial charge in [-0.15, -0.1) is 0 Å². The number of aromatic nitrogens is 4. The van der Waals surface area contributed by atoms with E-state index in [-0.39, 0.29) is 11.9 Å². The summed E-state index contributed by atoms with van der Waals surface area (Å²) in [5.41, 5.74) is 1.93. The fraction of sp³-hybridized carbons (Fsp3) is 0.312. The van der Waals surface area contributed by atoms with Gasteiger partial charge in [-0.05, 0) is 25.8 Å². The topological polar surface area (TPSA) is 63.8 Å². The predicted molar refractivity (Wildman–Crippen MR) is 81.2 cm³/mol. The highest BCUT2D eigenvalue weighted by Gasteiger charge is 2.13. The fourth-order valence-electron chi connectivity index (χ4n) is 2.35. The van der Waals surface area contributed by atoms with Crippen LogP contribution in [0.1, 0.15) is 31.3 Å². The molecule has 3 aromatic rings. The molecule has 0 amide bonds. The minimum absolute atomic E-state index is 0.00922. The number of rotatable bonds is 4. The second-order valence-electron chi connectivity index (χ2n) is 5.37. The Kier molecular flexibility index (Phi) is 3.56. The van der Waals surface area contributed by atoms with Gasteiger partial charge >= 0.3 is 0 Å². The van der Waals surface area contributed by atoms with Crippen LogP contribution in [0.2, 0.25) is 0 Å². The normalized spacial score (nSPS) is 11.4. The van der Waals surface area contributed by atoms with Crippen LogP contribution in [0.5, 0.6) is 5.88 Å². The average molecular weight is 282 g/mol. The minimum Gasteiger partial charge on any atom is -0.493 e. The number of hydrogen-bond acceptors (Lipinski definition) is 4. The van der Waals surface area contributed by atoms with Gasteiger partial charge in [-0.25, -0.2) is 9.67 Å². The number of aromatic hydroxyl groups is 1. The van der Waals surface area contributed by atoms with Crippen molar-refractivity contribution in [3.63, 3.8) is 0 Å². The number of benzene rings is 1. The van der Waals surface area contributed by atoms with Gasteiger partial charge in [0.25, 0.3) is 0 Å². The fourth-order valence-corrected chi connectivity index (χ4v) is 2.35. The van der Waals surface area contributed by atoms with Crippen LogP contribution >= 0.6 is 0 Å². The van der Waals surface area contributed by atoms with Crippen molar-refractivity contribution in [1.82, 2.24) is 19.7 Å². The van der Waals surface area contributed by atoms with Gasteiger partial charge in [0.2, 0.25) is 5.88 Å². The number of nitrogens with zero attached hydrogens (tertiary/aromatic N) is 4. The molecule has 0 unspecified atom stereocenters. The monoisotopic (exact) mass is 282 g/mol. The van der Waals surface area contributed by atoms with Crippen molar-refractivity contribution < 1.29 is 5.11 Å². The largest absolute Gasteiger partial charge is 0.493 e. The minimum atomic E-state index is 0.00922. The highest BCUT2D eigenvalue weighted by molar-refractivity contribution is 5.79. The van der Waals surface area contributed by atoms with E-state index in [9.17, 15) is 5.11 Å². The summed E-state index contributed by atoms with van der Waals surface area (Å²) in [6.45, 7) is 4.07. The molecule has 0 atom stereocenters. The molecule has 0 saturated carbocycles. The average Bonchev–Trinajstić information content (AvgIpc) is 2.91. The zero-order chi connectivity index (χ0) is 14.8. The van der Waals surface area contributed by atoms with Gasteiger partial charge in [-0.2, -0.15) is 10.1 Å². The molecule has 0 radical (unpaired) electrons. The maximum Gasteiger partial charge on any atom is 0.225 e. The van der Waals surface area contributed by atoms with E-state index >= 15 is 0 Å². The van der Waals surface area contributed by atoms with Crippen molar-refractivity contribution in [3.05, 3.63) is 47.9 Å².